The van der Waals surface area contributed by atoms with E-state index in [2.05, 4.69) is 5.32 Å². The molecule has 0 saturated carbocycles. The van der Waals surface area contributed by atoms with Gasteiger partial charge in [-0.3, -0.25) is 13.9 Å². The second-order valence-electron chi connectivity index (χ2n) is 5.40. The Morgan fingerprint density at radius 2 is 1.92 bits per heavy atom. The van der Waals surface area contributed by atoms with Crippen molar-refractivity contribution >= 4 is 34.2 Å². The number of para-hydroxylation sites is 2. The number of hydrogen-bond acceptors (Lipinski definition) is 2. The molecule has 3 rings (SSSR count). The van der Waals surface area contributed by atoms with Gasteiger partial charge in [0.15, 0.2) is 0 Å². The molecule has 0 spiro atoms. The maximum atomic E-state index is 13.0. The summed E-state index contributed by atoms with van der Waals surface area (Å²) in [5.74, 6) is -0.774. The van der Waals surface area contributed by atoms with Gasteiger partial charge in [-0.1, -0.05) is 23.7 Å². The highest BCUT2D eigenvalue weighted by Crippen LogP contribution is 2.22. The molecule has 3 aromatic rings. The average molecular weight is 348 g/mol. The first-order valence-electron chi connectivity index (χ1n) is 7.36. The van der Waals surface area contributed by atoms with Gasteiger partial charge in [0, 0.05) is 20.0 Å². The van der Waals surface area contributed by atoms with Crippen LogP contribution in [0.1, 0.15) is 6.42 Å². The van der Waals surface area contributed by atoms with Gasteiger partial charge < -0.3 is 5.32 Å². The zero-order chi connectivity index (χ0) is 17.3. The van der Waals surface area contributed by atoms with Crippen LogP contribution in [-0.4, -0.2) is 15.0 Å². The van der Waals surface area contributed by atoms with E-state index >= 15 is 0 Å². The predicted octanol–water partition coefficient (Wildman–Crippen LogP) is 3.16. The summed E-state index contributed by atoms with van der Waals surface area (Å²) in [6, 6.07) is 11.1. The topological polar surface area (TPSA) is 56.0 Å². The van der Waals surface area contributed by atoms with Gasteiger partial charge in [0.05, 0.1) is 21.7 Å². The van der Waals surface area contributed by atoms with Crippen molar-refractivity contribution in [2.45, 2.75) is 13.0 Å². The molecule has 1 N–H and O–H groups in total. The number of imidazole rings is 1. The minimum Gasteiger partial charge on any atom is -0.325 e. The molecule has 0 fully saturated rings. The lowest BCUT2D eigenvalue weighted by atomic mass is 10.3. The number of aromatic nitrogens is 2. The van der Waals surface area contributed by atoms with Crippen molar-refractivity contribution < 1.29 is 9.18 Å². The number of hydrogen-bond donors (Lipinski definition) is 1. The van der Waals surface area contributed by atoms with Crippen LogP contribution in [0.25, 0.3) is 11.0 Å². The zero-order valence-electron chi connectivity index (χ0n) is 12.9. The molecule has 1 aromatic heterocycles. The summed E-state index contributed by atoms with van der Waals surface area (Å²) in [5, 5.41) is 2.75. The smallest absolute Gasteiger partial charge is 0.325 e. The molecule has 1 heterocycles. The molecule has 0 aliphatic rings. The van der Waals surface area contributed by atoms with Crippen LogP contribution in [0.5, 0.6) is 0 Å². The summed E-state index contributed by atoms with van der Waals surface area (Å²) in [6.45, 7) is 0.241. The fourth-order valence-corrected chi connectivity index (χ4v) is 2.81. The predicted molar refractivity (Wildman–Crippen MR) is 91.8 cm³/mol. The Morgan fingerprint density at radius 3 is 2.62 bits per heavy atom. The fraction of sp³-hybridized carbons (Fsp3) is 0.176. The summed E-state index contributed by atoms with van der Waals surface area (Å²) in [6.07, 6.45) is 0.0988. The molecule has 7 heteroatoms. The van der Waals surface area contributed by atoms with E-state index in [1.165, 1.54) is 12.1 Å². The van der Waals surface area contributed by atoms with Crippen LogP contribution >= 0.6 is 11.6 Å². The lowest BCUT2D eigenvalue weighted by Gasteiger charge is -2.08. The molecule has 5 nitrogen and oxygen atoms in total. The Hall–Kier alpha value is -2.60. The third-order valence-corrected chi connectivity index (χ3v) is 4.13. The molecule has 0 aliphatic heterocycles. The number of fused-ring (bicyclic) bond motifs is 1. The number of nitrogens with zero attached hydrogens (tertiary/aromatic N) is 2. The van der Waals surface area contributed by atoms with E-state index in [1.807, 2.05) is 24.3 Å². The van der Waals surface area contributed by atoms with Crippen LogP contribution in [0.4, 0.5) is 10.1 Å². The highest BCUT2D eigenvalue weighted by Gasteiger charge is 2.12. The Bertz CT molecular complexity index is 978. The Balaban J connectivity index is 1.75. The highest BCUT2D eigenvalue weighted by molar-refractivity contribution is 6.33. The van der Waals surface area contributed by atoms with E-state index in [1.54, 1.807) is 16.2 Å². The van der Waals surface area contributed by atoms with E-state index in [-0.39, 0.29) is 29.6 Å². The van der Waals surface area contributed by atoms with Gasteiger partial charge in [0.1, 0.15) is 5.82 Å². The number of aryl methyl sites for hydroxylation is 2. The quantitative estimate of drug-likeness (QED) is 0.788. The van der Waals surface area contributed by atoms with Gasteiger partial charge in [0.2, 0.25) is 5.91 Å². The van der Waals surface area contributed by atoms with Crippen LogP contribution < -0.4 is 11.0 Å². The van der Waals surface area contributed by atoms with Gasteiger partial charge in [-0.2, -0.15) is 0 Å². The molecular formula is C17H15ClFN3O2. The van der Waals surface area contributed by atoms with E-state index < -0.39 is 5.82 Å². The average Bonchev–Trinajstić information content (AvgIpc) is 2.80. The Kier molecular flexibility index (Phi) is 4.40. The van der Waals surface area contributed by atoms with Gasteiger partial charge in [-0.15, -0.1) is 0 Å². The minimum atomic E-state index is -0.472. The van der Waals surface area contributed by atoms with Crippen LogP contribution in [0, 0.1) is 5.82 Å². The normalized spacial score (nSPS) is 11.0. The summed E-state index contributed by atoms with van der Waals surface area (Å²) in [5.41, 5.74) is 1.75. The standard InChI is InChI=1S/C17H15ClFN3O2/c1-21-14-4-2-3-5-15(14)22(17(21)24)9-8-16(23)20-13-7-6-11(19)10-12(13)18/h2-7,10H,8-9H2,1H3,(H,20,23). The molecule has 0 unspecified atom stereocenters. The summed E-state index contributed by atoms with van der Waals surface area (Å²) >= 11 is 5.88. The number of benzene rings is 2. The number of nitrogens with one attached hydrogen (secondary N) is 1. The van der Waals surface area contributed by atoms with Crippen molar-refractivity contribution in [1.82, 2.24) is 9.13 Å². The van der Waals surface area contributed by atoms with Crippen molar-refractivity contribution in [3.8, 4) is 0 Å². The number of anilines is 1. The number of carbonyl (C=O) groups excluding carboxylic acids is 1. The molecule has 2 aromatic carbocycles. The third kappa shape index (κ3) is 3.05. The second kappa shape index (κ2) is 6.49. The van der Waals surface area contributed by atoms with Crippen LogP contribution in [0.2, 0.25) is 5.02 Å². The van der Waals surface area contributed by atoms with E-state index in [4.69, 9.17) is 11.6 Å². The minimum absolute atomic E-state index is 0.0988. The van der Waals surface area contributed by atoms with Crippen molar-refractivity contribution in [2.75, 3.05) is 5.32 Å². The monoisotopic (exact) mass is 347 g/mol. The highest BCUT2D eigenvalue weighted by atomic mass is 35.5. The van der Waals surface area contributed by atoms with E-state index in [0.717, 1.165) is 17.1 Å². The molecule has 0 bridgehead atoms. The summed E-state index contributed by atoms with van der Waals surface area (Å²) in [7, 11) is 1.69. The van der Waals surface area contributed by atoms with Crippen molar-refractivity contribution in [2.24, 2.45) is 7.05 Å². The van der Waals surface area contributed by atoms with Crippen LogP contribution in [-0.2, 0) is 18.4 Å². The lowest BCUT2D eigenvalue weighted by molar-refractivity contribution is -0.116. The number of amides is 1. The molecule has 0 radical (unpaired) electrons. The maximum absolute atomic E-state index is 13.0. The fourth-order valence-electron chi connectivity index (χ4n) is 2.60. The molecule has 0 aliphatic carbocycles. The Morgan fingerprint density at radius 1 is 1.21 bits per heavy atom. The second-order valence-corrected chi connectivity index (χ2v) is 5.81. The van der Waals surface area contributed by atoms with Crippen molar-refractivity contribution in [3.05, 3.63) is 63.8 Å². The Labute approximate surface area is 142 Å². The largest absolute Gasteiger partial charge is 0.328 e. The van der Waals surface area contributed by atoms with E-state index in [0.29, 0.717) is 5.69 Å². The first-order chi connectivity index (χ1) is 11.5. The maximum Gasteiger partial charge on any atom is 0.328 e. The van der Waals surface area contributed by atoms with Gasteiger partial charge >= 0.3 is 5.69 Å². The van der Waals surface area contributed by atoms with Crippen molar-refractivity contribution in [1.29, 1.82) is 0 Å². The van der Waals surface area contributed by atoms with Crippen LogP contribution in [0.3, 0.4) is 0 Å². The number of halogens is 2. The van der Waals surface area contributed by atoms with Gasteiger partial charge in [0.25, 0.3) is 0 Å². The first kappa shape index (κ1) is 16.3. The van der Waals surface area contributed by atoms with Crippen LogP contribution in [0.15, 0.2) is 47.3 Å². The molecule has 0 saturated heterocycles. The molecule has 0 atom stereocenters. The molecule has 24 heavy (non-hydrogen) atoms. The first-order valence-corrected chi connectivity index (χ1v) is 7.74. The number of rotatable bonds is 4. The number of carbonyl (C=O) groups is 1. The SMILES string of the molecule is Cn1c(=O)n(CCC(=O)Nc2ccc(F)cc2Cl)c2ccccc21. The summed E-state index contributed by atoms with van der Waals surface area (Å²) < 4.78 is 16.1. The van der Waals surface area contributed by atoms with Gasteiger partial charge in [-0.05, 0) is 30.3 Å². The molecule has 124 valence electrons. The third-order valence-electron chi connectivity index (χ3n) is 3.82. The van der Waals surface area contributed by atoms with Crippen molar-refractivity contribution in [3.63, 3.8) is 0 Å². The van der Waals surface area contributed by atoms with Gasteiger partial charge in [-0.25, -0.2) is 9.18 Å². The van der Waals surface area contributed by atoms with E-state index in [9.17, 15) is 14.0 Å². The zero-order valence-corrected chi connectivity index (χ0v) is 13.7. The molecular weight excluding hydrogens is 333 g/mol. The molecule has 1 amide bonds. The summed E-state index contributed by atoms with van der Waals surface area (Å²) in [4.78, 5) is 24.4. The lowest BCUT2D eigenvalue weighted by Crippen LogP contribution is -2.24.